The molecule has 3 saturated heterocycles. The van der Waals surface area contributed by atoms with Gasteiger partial charge in [0, 0.05) is 32.3 Å². The third-order valence-corrected chi connectivity index (χ3v) is 9.86. The van der Waals surface area contributed by atoms with Crippen molar-refractivity contribution in [2.24, 2.45) is 35.5 Å². The van der Waals surface area contributed by atoms with Crippen LogP contribution in [-0.2, 0) is 28.5 Å². The Kier molecular flexibility index (Phi) is 25.6. The molecular formula is C32H65BrO12. The second-order valence-corrected chi connectivity index (χ2v) is 12.7. The molecule has 0 amide bonds. The van der Waals surface area contributed by atoms with Gasteiger partial charge < -0.3 is 54.3 Å². The summed E-state index contributed by atoms with van der Waals surface area (Å²) in [6.45, 7) is 26.3. The van der Waals surface area contributed by atoms with Gasteiger partial charge in [0.2, 0.25) is 0 Å². The molecule has 13 heteroatoms. The van der Waals surface area contributed by atoms with Crippen molar-refractivity contribution in [3.63, 3.8) is 0 Å². The van der Waals surface area contributed by atoms with E-state index in [1.54, 1.807) is 20.8 Å². The normalized spacial score (nSPS) is 40.9. The lowest BCUT2D eigenvalue weighted by Crippen LogP contribution is -2.60. The van der Waals surface area contributed by atoms with E-state index in [9.17, 15) is 20.1 Å². The van der Waals surface area contributed by atoms with Gasteiger partial charge in [-0.2, -0.15) is 0 Å². The van der Waals surface area contributed by atoms with Crippen LogP contribution in [0.1, 0.15) is 83.1 Å². The lowest BCUT2D eigenvalue weighted by atomic mass is 9.79. The van der Waals surface area contributed by atoms with E-state index in [-0.39, 0.29) is 31.1 Å². The number of carbonyl (C=O) groups is 1. The number of aliphatic carboxylic acids is 1. The monoisotopic (exact) mass is 720 g/mol. The molecular weight excluding hydrogens is 656 g/mol. The van der Waals surface area contributed by atoms with Crippen molar-refractivity contribution in [1.29, 1.82) is 0 Å². The number of halogens is 1. The van der Waals surface area contributed by atoms with Crippen molar-refractivity contribution in [3.05, 3.63) is 0 Å². The van der Waals surface area contributed by atoms with E-state index < -0.39 is 36.7 Å². The van der Waals surface area contributed by atoms with E-state index in [4.69, 9.17) is 39.0 Å². The maximum atomic E-state index is 10.6. The molecule has 15 unspecified atom stereocenters. The van der Waals surface area contributed by atoms with Gasteiger partial charge in [-0.1, -0.05) is 57.5 Å². The largest absolute Gasteiger partial charge is 0.479 e. The van der Waals surface area contributed by atoms with Crippen LogP contribution in [0.15, 0.2) is 0 Å². The van der Waals surface area contributed by atoms with Gasteiger partial charge >= 0.3 is 5.97 Å². The summed E-state index contributed by atoms with van der Waals surface area (Å²) in [6, 6.07) is 0. The van der Waals surface area contributed by atoms with Gasteiger partial charge in [0.25, 0.3) is 0 Å². The Hall–Kier alpha value is -0.450. The zero-order valence-corrected chi connectivity index (χ0v) is 31.1. The fourth-order valence-electron chi connectivity index (χ4n) is 4.92. The van der Waals surface area contributed by atoms with Crippen molar-refractivity contribution in [1.82, 2.24) is 0 Å². The summed E-state index contributed by atoms with van der Waals surface area (Å²) in [5, 5.41) is 52.1. The maximum Gasteiger partial charge on any atom is 0.335 e. The Morgan fingerprint density at radius 1 is 0.600 bits per heavy atom. The minimum absolute atomic E-state index is 0.00574. The van der Waals surface area contributed by atoms with E-state index in [2.05, 4.69) is 71.3 Å². The van der Waals surface area contributed by atoms with Gasteiger partial charge in [-0.15, -0.1) is 0 Å². The van der Waals surface area contributed by atoms with Crippen LogP contribution in [0.25, 0.3) is 0 Å². The average Bonchev–Trinajstić information content (AvgIpc) is 2.98. The lowest BCUT2D eigenvalue weighted by molar-refractivity contribution is -0.292. The highest BCUT2D eigenvalue weighted by Crippen LogP contribution is 2.37. The predicted octanol–water partition coefficient (Wildman–Crippen LogP) is 3.62. The Labute approximate surface area is 279 Å². The topological polar surface area (TPSA) is 185 Å². The van der Waals surface area contributed by atoms with E-state index in [0.29, 0.717) is 41.8 Å². The van der Waals surface area contributed by atoms with Crippen LogP contribution >= 0.6 is 15.9 Å². The van der Waals surface area contributed by atoms with E-state index >= 15 is 0 Å². The zero-order valence-electron chi connectivity index (χ0n) is 29.5. The fourth-order valence-corrected chi connectivity index (χ4v) is 5.74. The average molecular weight is 722 g/mol. The molecule has 3 aliphatic rings. The Balaban J connectivity index is 0. The molecule has 0 aromatic heterocycles. The van der Waals surface area contributed by atoms with Crippen LogP contribution in [0.5, 0.6) is 0 Å². The summed E-state index contributed by atoms with van der Waals surface area (Å²) in [7, 11) is 0. The molecule has 12 nitrogen and oxygen atoms in total. The molecule has 0 aliphatic carbocycles. The van der Waals surface area contributed by atoms with Gasteiger partial charge in [0.1, 0.15) is 23.3 Å². The number of carboxylic acids is 1. The van der Waals surface area contributed by atoms with Gasteiger partial charge in [-0.25, -0.2) is 4.79 Å². The third kappa shape index (κ3) is 15.5. The first-order valence-electron chi connectivity index (χ1n) is 16.3. The first-order chi connectivity index (χ1) is 20.9. The number of aliphatic hydroxyl groups is 5. The molecule has 6 N–H and O–H groups in total. The van der Waals surface area contributed by atoms with E-state index in [1.165, 1.54) is 0 Å². The maximum absolute atomic E-state index is 10.6. The van der Waals surface area contributed by atoms with Crippen molar-refractivity contribution in [2.45, 2.75) is 137 Å². The Bertz CT molecular complexity index is 733. The molecule has 3 aliphatic heterocycles. The van der Waals surface area contributed by atoms with Crippen LogP contribution < -0.4 is 0 Å². The highest BCUT2D eigenvalue weighted by Gasteiger charge is 2.47. The first-order valence-corrected chi connectivity index (χ1v) is 17.2. The summed E-state index contributed by atoms with van der Waals surface area (Å²) in [6.07, 6.45) is -6.85. The summed E-state index contributed by atoms with van der Waals surface area (Å²) < 4.78 is 26.7. The molecule has 3 rings (SSSR count). The Morgan fingerprint density at radius 2 is 1.00 bits per heavy atom. The molecule has 0 radical (unpaired) electrons. The summed E-state index contributed by atoms with van der Waals surface area (Å²) in [4.78, 5) is 10.6. The number of ether oxygens (including phenoxy) is 5. The molecule has 0 spiro atoms. The smallest absolute Gasteiger partial charge is 0.335 e. The van der Waals surface area contributed by atoms with Gasteiger partial charge in [0.15, 0.2) is 18.7 Å². The van der Waals surface area contributed by atoms with Crippen LogP contribution in [0.2, 0.25) is 0 Å². The first kappa shape index (κ1) is 46.7. The number of carboxylic acid groups (broad SMARTS) is 1. The highest BCUT2D eigenvalue weighted by atomic mass is 79.9. The highest BCUT2D eigenvalue weighted by molar-refractivity contribution is 9.09. The van der Waals surface area contributed by atoms with Crippen molar-refractivity contribution in [3.8, 4) is 0 Å². The molecule has 272 valence electrons. The number of alkyl halides is 1. The lowest BCUT2D eigenvalue weighted by Gasteiger charge is -2.42. The van der Waals surface area contributed by atoms with Gasteiger partial charge in [-0.3, -0.25) is 0 Å². The second kappa shape index (κ2) is 24.7. The fraction of sp³-hybridized carbons (Fsp3) is 0.969. The number of hydrogen-bond donors (Lipinski definition) is 6. The molecule has 3 heterocycles. The molecule has 15 atom stereocenters. The summed E-state index contributed by atoms with van der Waals surface area (Å²) >= 11 is 3.54. The van der Waals surface area contributed by atoms with Crippen molar-refractivity contribution >= 4 is 21.9 Å². The number of hydrogen-bond acceptors (Lipinski definition) is 11. The van der Waals surface area contributed by atoms with Gasteiger partial charge in [0.05, 0.1) is 12.2 Å². The Morgan fingerprint density at radius 3 is 1.42 bits per heavy atom. The van der Waals surface area contributed by atoms with E-state index in [1.807, 2.05) is 6.92 Å². The van der Waals surface area contributed by atoms with Crippen LogP contribution in [-0.4, -0.2) is 117 Å². The SMILES string of the molecule is CC1OC(Br)C(C)C(C)C1C.CCO.CCO.CCOC1OC(C(=O)O)C(O)C(O)C1O.CCOC1OC(C)C(C)C(C)C1C. The molecule has 45 heavy (non-hydrogen) atoms. The van der Waals surface area contributed by atoms with Crippen LogP contribution in [0, 0.1) is 35.5 Å². The molecule has 3 fully saturated rings. The summed E-state index contributed by atoms with van der Waals surface area (Å²) in [5.41, 5.74) is 0. The minimum atomic E-state index is -1.67. The van der Waals surface area contributed by atoms with E-state index in [0.717, 1.165) is 12.5 Å². The third-order valence-electron chi connectivity index (χ3n) is 8.81. The van der Waals surface area contributed by atoms with Gasteiger partial charge in [-0.05, 0) is 71.1 Å². The van der Waals surface area contributed by atoms with Crippen LogP contribution in [0.4, 0.5) is 0 Å². The zero-order chi connectivity index (χ0) is 35.6. The van der Waals surface area contributed by atoms with Crippen LogP contribution in [0.3, 0.4) is 0 Å². The number of aliphatic hydroxyl groups excluding tert-OH is 5. The molecule has 0 aromatic rings. The predicted molar refractivity (Wildman–Crippen MR) is 176 cm³/mol. The van der Waals surface area contributed by atoms with Crippen molar-refractivity contribution < 1.29 is 59.1 Å². The standard InChI is InChI=1S/C11H22O2.C9H17BrO.C8H14O7.2C2H6O/c1-6-12-11-9(4)7(2)8(3)10(5)13-11;1-5-6(2)8(4)11-9(10)7(5)3;1-2-14-8-5(11)3(9)4(10)6(15-8)7(12)13;2*1-2-3/h7-11H,6H2,1-5H3;5-9H,1-4H3;3-6,8-11H,2H2,1H3,(H,12,13);2*3H,2H2,1H3. The van der Waals surface area contributed by atoms with Crippen molar-refractivity contribution in [2.75, 3.05) is 26.4 Å². The minimum Gasteiger partial charge on any atom is -0.479 e. The molecule has 0 bridgehead atoms. The quantitative estimate of drug-likeness (QED) is 0.227. The molecule has 0 aromatic carbocycles. The number of rotatable bonds is 5. The molecule has 0 saturated carbocycles. The summed E-state index contributed by atoms with van der Waals surface area (Å²) in [5.74, 6) is 2.46. The second-order valence-electron chi connectivity index (χ2n) is 11.8.